The van der Waals surface area contributed by atoms with Gasteiger partial charge in [0.1, 0.15) is 5.75 Å². The lowest BCUT2D eigenvalue weighted by molar-refractivity contribution is -0.131. The van der Waals surface area contributed by atoms with Crippen molar-refractivity contribution < 1.29 is 19.4 Å². The molecule has 1 aliphatic heterocycles. The van der Waals surface area contributed by atoms with Gasteiger partial charge in [-0.2, -0.15) is 0 Å². The number of para-hydroxylation sites is 1. The highest BCUT2D eigenvalue weighted by atomic mass is 16.5. The standard InChI is InChI=1S/C15H21NO4/c1-12(20-13-5-3-2-4-6-13)14(18)16-15(11-17)7-9-19-10-8-15/h2-6,12,17H,7-11H2,1H3,(H,16,18). The van der Waals surface area contributed by atoms with Gasteiger partial charge in [-0.05, 0) is 31.9 Å². The summed E-state index contributed by atoms with van der Waals surface area (Å²) < 4.78 is 10.9. The number of benzene rings is 1. The van der Waals surface area contributed by atoms with Gasteiger partial charge in [0.05, 0.1) is 12.1 Å². The number of hydrogen-bond acceptors (Lipinski definition) is 4. The third-order valence-corrected chi connectivity index (χ3v) is 3.57. The summed E-state index contributed by atoms with van der Waals surface area (Å²) in [5, 5.41) is 12.5. The number of aliphatic hydroxyl groups excluding tert-OH is 1. The zero-order chi connectivity index (χ0) is 14.4. The minimum atomic E-state index is -0.608. The zero-order valence-corrected chi connectivity index (χ0v) is 11.7. The van der Waals surface area contributed by atoms with Crippen LogP contribution >= 0.6 is 0 Å². The molecule has 110 valence electrons. The van der Waals surface area contributed by atoms with Crippen molar-refractivity contribution in [2.45, 2.75) is 31.4 Å². The second-order valence-electron chi connectivity index (χ2n) is 5.11. The number of ether oxygens (including phenoxy) is 2. The van der Waals surface area contributed by atoms with E-state index in [2.05, 4.69) is 5.32 Å². The maximum atomic E-state index is 12.2. The van der Waals surface area contributed by atoms with Crippen LogP contribution in [0, 0.1) is 0 Å². The highest BCUT2D eigenvalue weighted by molar-refractivity contribution is 5.81. The van der Waals surface area contributed by atoms with Crippen LogP contribution in [0.25, 0.3) is 0 Å². The maximum absolute atomic E-state index is 12.2. The Morgan fingerprint density at radius 2 is 2.05 bits per heavy atom. The molecule has 1 unspecified atom stereocenters. The number of hydrogen-bond donors (Lipinski definition) is 2. The zero-order valence-electron chi connectivity index (χ0n) is 11.7. The van der Waals surface area contributed by atoms with Crippen LogP contribution in [0.3, 0.4) is 0 Å². The first-order valence-electron chi connectivity index (χ1n) is 6.87. The first kappa shape index (κ1) is 14.8. The van der Waals surface area contributed by atoms with E-state index in [1.807, 2.05) is 18.2 Å². The van der Waals surface area contributed by atoms with Crippen LogP contribution < -0.4 is 10.1 Å². The molecule has 0 saturated carbocycles. The molecule has 0 bridgehead atoms. The fourth-order valence-electron chi connectivity index (χ4n) is 2.20. The normalized spacial score (nSPS) is 19.1. The van der Waals surface area contributed by atoms with E-state index >= 15 is 0 Å². The fourth-order valence-corrected chi connectivity index (χ4v) is 2.20. The van der Waals surface area contributed by atoms with Crippen LogP contribution in [-0.2, 0) is 9.53 Å². The lowest BCUT2D eigenvalue weighted by Crippen LogP contribution is -2.57. The minimum absolute atomic E-state index is 0.0832. The average Bonchev–Trinajstić information content (AvgIpc) is 2.49. The second-order valence-corrected chi connectivity index (χ2v) is 5.11. The predicted molar refractivity (Wildman–Crippen MR) is 74.5 cm³/mol. The second kappa shape index (κ2) is 6.72. The van der Waals surface area contributed by atoms with Crippen molar-refractivity contribution >= 4 is 5.91 Å². The van der Waals surface area contributed by atoms with Gasteiger partial charge in [-0.3, -0.25) is 4.79 Å². The highest BCUT2D eigenvalue weighted by Crippen LogP contribution is 2.20. The van der Waals surface area contributed by atoms with E-state index in [4.69, 9.17) is 9.47 Å². The van der Waals surface area contributed by atoms with Gasteiger partial charge in [0.15, 0.2) is 6.10 Å². The molecule has 0 aliphatic carbocycles. The van der Waals surface area contributed by atoms with E-state index < -0.39 is 11.6 Å². The van der Waals surface area contributed by atoms with E-state index in [1.54, 1.807) is 19.1 Å². The smallest absolute Gasteiger partial charge is 0.261 e. The molecule has 0 aromatic heterocycles. The molecule has 5 heteroatoms. The minimum Gasteiger partial charge on any atom is -0.481 e. The van der Waals surface area contributed by atoms with Gasteiger partial charge in [-0.15, -0.1) is 0 Å². The monoisotopic (exact) mass is 279 g/mol. The number of carbonyl (C=O) groups is 1. The Balaban J connectivity index is 1.93. The van der Waals surface area contributed by atoms with Gasteiger partial charge in [0.25, 0.3) is 5.91 Å². The van der Waals surface area contributed by atoms with Gasteiger partial charge < -0.3 is 19.9 Å². The molecule has 1 aromatic rings. The summed E-state index contributed by atoms with van der Waals surface area (Å²) in [4.78, 5) is 12.2. The molecule has 1 aromatic carbocycles. The van der Waals surface area contributed by atoms with Crippen LogP contribution in [0.5, 0.6) is 5.75 Å². The summed E-state index contributed by atoms with van der Waals surface area (Å²) in [5.74, 6) is 0.435. The topological polar surface area (TPSA) is 67.8 Å². The Morgan fingerprint density at radius 1 is 1.40 bits per heavy atom. The number of nitrogens with one attached hydrogen (secondary N) is 1. The molecule has 1 heterocycles. The molecule has 1 fully saturated rings. The first-order valence-corrected chi connectivity index (χ1v) is 6.87. The van der Waals surface area contributed by atoms with E-state index in [0.29, 0.717) is 31.8 Å². The van der Waals surface area contributed by atoms with E-state index in [9.17, 15) is 9.90 Å². The van der Waals surface area contributed by atoms with Gasteiger partial charge in [-0.1, -0.05) is 18.2 Å². The Morgan fingerprint density at radius 3 is 2.65 bits per heavy atom. The van der Waals surface area contributed by atoms with Gasteiger partial charge in [-0.25, -0.2) is 0 Å². The molecule has 1 amide bonds. The third-order valence-electron chi connectivity index (χ3n) is 3.57. The first-order chi connectivity index (χ1) is 9.65. The van der Waals surface area contributed by atoms with Crippen LogP contribution in [0.15, 0.2) is 30.3 Å². The van der Waals surface area contributed by atoms with Crippen LogP contribution in [0.4, 0.5) is 0 Å². The summed E-state index contributed by atoms with van der Waals surface area (Å²) in [6.45, 7) is 2.72. The Labute approximate surface area is 118 Å². The molecule has 0 radical (unpaired) electrons. The molecule has 2 N–H and O–H groups in total. The highest BCUT2D eigenvalue weighted by Gasteiger charge is 2.35. The third kappa shape index (κ3) is 3.71. The summed E-state index contributed by atoms with van der Waals surface area (Å²) in [5.41, 5.74) is -0.580. The molecule has 1 aliphatic rings. The molecule has 1 saturated heterocycles. The van der Waals surface area contributed by atoms with Gasteiger partial charge in [0, 0.05) is 13.2 Å². The SMILES string of the molecule is CC(Oc1ccccc1)C(=O)NC1(CO)CCOCC1. The molecule has 1 atom stereocenters. The van der Waals surface area contributed by atoms with Gasteiger partial charge in [0.2, 0.25) is 0 Å². The lowest BCUT2D eigenvalue weighted by atomic mass is 9.91. The van der Waals surface area contributed by atoms with Crippen molar-refractivity contribution in [1.82, 2.24) is 5.32 Å². The van der Waals surface area contributed by atoms with E-state index in [-0.39, 0.29) is 12.5 Å². The number of rotatable bonds is 5. The van der Waals surface area contributed by atoms with Crippen molar-refractivity contribution in [3.05, 3.63) is 30.3 Å². The number of carbonyl (C=O) groups excluding carboxylic acids is 1. The Hall–Kier alpha value is -1.59. The van der Waals surface area contributed by atoms with Crippen molar-refractivity contribution in [2.75, 3.05) is 19.8 Å². The molecular weight excluding hydrogens is 258 g/mol. The molecule has 2 rings (SSSR count). The largest absolute Gasteiger partial charge is 0.481 e. The molecule has 20 heavy (non-hydrogen) atoms. The quantitative estimate of drug-likeness (QED) is 0.847. The van der Waals surface area contributed by atoms with Crippen molar-refractivity contribution in [3.8, 4) is 5.75 Å². The lowest BCUT2D eigenvalue weighted by Gasteiger charge is -2.37. The van der Waals surface area contributed by atoms with Crippen molar-refractivity contribution in [3.63, 3.8) is 0 Å². The van der Waals surface area contributed by atoms with Crippen LogP contribution in [0.1, 0.15) is 19.8 Å². The summed E-state index contributed by atoms with van der Waals surface area (Å²) in [6.07, 6.45) is 0.629. The van der Waals surface area contributed by atoms with Crippen molar-refractivity contribution in [2.24, 2.45) is 0 Å². The predicted octanol–water partition coefficient (Wildman–Crippen LogP) is 1.11. The summed E-state index contributed by atoms with van der Waals surface area (Å²) >= 11 is 0. The molecule has 5 nitrogen and oxygen atoms in total. The van der Waals surface area contributed by atoms with Gasteiger partial charge >= 0.3 is 0 Å². The molecule has 0 spiro atoms. The summed E-state index contributed by atoms with van der Waals surface area (Å²) in [6, 6.07) is 9.21. The van der Waals surface area contributed by atoms with Crippen molar-refractivity contribution in [1.29, 1.82) is 0 Å². The average molecular weight is 279 g/mol. The number of aliphatic hydroxyl groups is 1. The van der Waals surface area contributed by atoms with Crippen LogP contribution in [-0.4, -0.2) is 42.5 Å². The maximum Gasteiger partial charge on any atom is 0.261 e. The fraction of sp³-hybridized carbons (Fsp3) is 0.533. The number of amides is 1. The molecular formula is C15H21NO4. The van der Waals surface area contributed by atoms with E-state index in [1.165, 1.54) is 0 Å². The Kier molecular flexibility index (Phi) is 4.98. The van der Waals surface area contributed by atoms with E-state index in [0.717, 1.165) is 0 Å². The van der Waals surface area contributed by atoms with Crippen LogP contribution in [0.2, 0.25) is 0 Å². The Bertz CT molecular complexity index is 429. The summed E-state index contributed by atoms with van der Waals surface area (Å²) in [7, 11) is 0.